The summed E-state index contributed by atoms with van der Waals surface area (Å²) in [6, 6.07) is -2.97. The van der Waals surface area contributed by atoms with Gasteiger partial charge in [0.1, 0.15) is 23.4 Å². The van der Waals surface area contributed by atoms with Crippen molar-refractivity contribution in [2.75, 3.05) is 13.2 Å². The van der Waals surface area contributed by atoms with E-state index in [1.165, 1.54) is 11.3 Å². The van der Waals surface area contributed by atoms with Gasteiger partial charge in [0.15, 0.2) is 0 Å². The summed E-state index contributed by atoms with van der Waals surface area (Å²) in [6.07, 6.45) is 1.60. The third-order valence-corrected chi connectivity index (χ3v) is 6.68. The lowest BCUT2D eigenvalue weighted by Gasteiger charge is -2.69. The van der Waals surface area contributed by atoms with Gasteiger partial charge in [0, 0.05) is 16.3 Å². The molecular formula is C20H28N4O8S. The van der Waals surface area contributed by atoms with Gasteiger partial charge in [0.2, 0.25) is 5.91 Å². The zero-order valence-corrected chi connectivity index (χ0v) is 19.3. The number of hydrogen-bond donors (Lipinski definition) is 6. The van der Waals surface area contributed by atoms with Crippen LogP contribution in [0.25, 0.3) is 0 Å². The standard InChI is InChI=1S/C20H28N4O8S/c1-18(2,3)32-17(31)24-20-7-19(8-20,9-20)16-23-12(6-33-16)14(28)21-10(4-25)13(27)22-11(5-26)15(29)30/h6,10-11,25-26H,4-5,7-9H2,1-3H3,(H,21,28)(H,22,27)(H,24,31)(H,29,30). The lowest BCUT2D eigenvalue weighted by atomic mass is 9.39. The van der Waals surface area contributed by atoms with Crippen LogP contribution >= 0.6 is 11.3 Å². The molecule has 1 heterocycles. The van der Waals surface area contributed by atoms with Gasteiger partial charge in [-0.1, -0.05) is 0 Å². The number of aromatic nitrogens is 1. The first-order valence-electron chi connectivity index (χ1n) is 10.3. The first kappa shape index (κ1) is 24.9. The lowest BCUT2D eigenvalue weighted by molar-refractivity contribution is -0.143. The number of amides is 3. The van der Waals surface area contributed by atoms with E-state index >= 15 is 0 Å². The van der Waals surface area contributed by atoms with E-state index in [0.29, 0.717) is 19.3 Å². The molecule has 0 radical (unpaired) electrons. The minimum atomic E-state index is -1.56. The van der Waals surface area contributed by atoms with E-state index in [9.17, 15) is 24.3 Å². The summed E-state index contributed by atoms with van der Waals surface area (Å²) < 4.78 is 5.30. The fourth-order valence-electron chi connectivity index (χ4n) is 4.17. The third-order valence-electron chi connectivity index (χ3n) is 5.59. The molecule has 6 N–H and O–H groups in total. The molecule has 1 aromatic heterocycles. The quantitative estimate of drug-likeness (QED) is 0.268. The molecule has 0 aliphatic heterocycles. The number of alkyl carbamates (subject to hydrolysis) is 1. The Morgan fingerprint density at radius 2 is 1.73 bits per heavy atom. The summed E-state index contributed by atoms with van der Waals surface area (Å²) >= 11 is 1.30. The van der Waals surface area contributed by atoms with E-state index in [0.717, 1.165) is 5.01 Å². The highest BCUT2D eigenvalue weighted by Crippen LogP contribution is 2.68. The smallest absolute Gasteiger partial charge is 0.408 e. The fraction of sp³-hybridized carbons (Fsp3) is 0.650. The van der Waals surface area contributed by atoms with Gasteiger partial charge < -0.3 is 36.0 Å². The summed E-state index contributed by atoms with van der Waals surface area (Å²) in [6.45, 7) is 3.77. The molecular weight excluding hydrogens is 456 g/mol. The number of carboxylic acids is 1. The van der Waals surface area contributed by atoms with Gasteiger partial charge in [-0.2, -0.15) is 0 Å². The first-order valence-corrected chi connectivity index (χ1v) is 11.2. The maximum absolute atomic E-state index is 12.5. The third kappa shape index (κ3) is 5.25. The molecule has 3 saturated carbocycles. The Hall–Kier alpha value is -2.77. The van der Waals surface area contributed by atoms with Crippen LogP contribution in [0.15, 0.2) is 5.38 Å². The van der Waals surface area contributed by atoms with Gasteiger partial charge in [0.25, 0.3) is 5.91 Å². The van der Waals surface area contributed by atoms with Gasteiger partial charge in [-0.15, -0.1) is 11.3 Å². The number of rotatable bonds is 9. The lowest BCUT2D eigenvalue weighted by Crippen LogP contribution is -2.76. The molecule has 33 heavy (non-hydrogen) atoms. The second kappa shape index (κ2) is 8.88. The van der Waals surface area contributed by atoms with Crippen molar-refractivity contribution in [1.82, 2.24) is 20.9 Å². The van der Waals surface area contributed by atoms with Crippen LogP contribution in [-0.4, -0.2) is 80.6 Å². The summed E-state index contributed by atoms with van der Waals surface area (Å²) in [5.41, 5.74) is -1.04. The Morgan fingerprint density at radius 3 is 2.24 bits per heavy atom. The Balaban J connectivity index is 1.55. The zero-order chi connectivity index (χ0) is 24.6. The molecule has 1 aromatic rings. The van der Waals surface area contributed by atoms with Crippen molar-refractivity contribution in [2.45, 2.75) is 68.7 Å². The van der Waals surface area contributed by atoms with Gasteiger partial charge >= 0.3 is 12.1 Å². The van der Waals surface area contributed by atoms with Crippen LogP contribution in [0, 0.1) is 0 Å². The van der Waals surface area contributed by atoms with Crippen molar-refractivity contribution in [3.63, 3.8) is 0 Å². The fourth-order valence-corrected chi connectivity index (χ4v) is 5.17. The first-order chi connectivity index (χ1) is 15.3. The molecule has 182 valence electrons. The van der Waals surface area contributed by atoms with Crippen molar-refractivity contribution in [3.05, 3.63) is 16.1 Å². The van der Waals surface area contributed by atoms with E-state index in [1.54, 1.807) is 26.2 Å². The normalized spacial score (nSPS) is 25.0. The highest BCUT2D eigenvalue weighted by atomic mass is 32.1. The summed E-state index contributed by atoms with van der Waals surface area (Å²) in [5.74, 6) is -3.09. The van der Waals surface area contributed by atoms with Crippen LogP contribution in [0.4, 0.5) is 4.79 Å². The highest BCUT2D eigenvalue weighted by Gasteiger charge is 2.70. The number of aliphatic hydroxyl groups excluding tert-OH is 2. The predicted octanol–water partition coefficient (Wildman–Crippen LogP) is -0.506. The molecule has 2 unspecified atom stereocenters. The van der Waals surface area contributed by atoms with Gasteiger partial charge in [-0.05, 0) is 40.0 Å². The SMILES string of the molecule is CC(C)(C)OC(=O)NC12CC(c3nc(C(=O)NC(CO)C(=O)NC(CO)C(=O)O)cs3)(C1)C2. The highest BCUT2D eigenvalue weighted by molar-refractivity contribution is 7.10. The average Bonchev–Trinajstić information content (AvgIpc) is 3.13. The number of nitrogens with zero attached hydrogens (tertiary/aromatic N) is 1. The largest absolute Gasteiger partial charge is 0.480 e. The summed E-state index contributed by atoms with van der Waals surface area (Å²) in [7, 11) is 0. The Bertz CT molecular complexity index is 936. The summed E-state index contributed by atoms with van der Waals surface area (Å²) in [5, 5.41) is 36.9. The topological polar surface area (TPSA) is 187 Å². The number of nitrogens with one attached hydrogen (secondary N) is 3. The van der Waals surface area contributed by atoms with E-state index in [-0.39, 0.29) is 16.6 Å². The van der Waals surface area contributed by atoms with Crippen LogP contribution in [0.3, 0.4) is 0 Å². The number of thiazole rings is 1. The maximum Gasteiger partial charge on any atom is 0.408 e. The van der Waals surface area contributed by atoms with Gasteiger partial charge in [0.05, 0.1) is 18.2 Å². The molecule has 0 aromatic carbocycles. The Kier molecular flexibility index (Phi) is 6.69. The van der Waals surface area contributed by atoms with Gasteiger partial charge in [-0.25, -0.2) is 14.6 Å². The molecule has 3 aliphatic carbocycles. The molecule has 2 bridgehead atoms. The maximum atomic E-state index is 12.5. The summed E-state index contributed by atoms with van der Waals surface area (Å²) in [4.78, 5) is 52.0. The molecule has 0 spiro atoms. The second-order valence-corrected chi connectivity index (χ2v) is 10.4. The molecule has 3 amide bonds. The number of carboxylic acid groups (broad SMARTS) is 1. The number of hydrogen-bond acceptors (Lipinski definition) is 9. The number of aliphatic hydroxyl groups is 2. The molecule has 3 fully saturated rings. The van der Waals surface area contributed by atoms with Gasteiger partial charge in [-0.3, -0.25) is 9.59 Å². The van der Waals surface area contributed by atoms with Crippen LogP contribution in [0.1, 0.15) is 55.5 Å². The van der Waals surface area contributed by atoms with Crippen molar-refractivity contribution < 1.29 is 39.2 Å². The van der Waals surface area contributed by atoms with Crippen LogP contribution in [-0.2, 0) is 19.7 Å². The molecule has 2 atom stereocenters. The second-order valence-electron chi connectivity index (χ2n) is 9.55. The van der Waals surface area contributed by atoms with E-state index in [1.807, 2.05) is 5.32 Å². The van der Waals surface area contributed by atoms with E-state index in [4.69, 9.17) is 14.9 Å². The zero-order valence-electron chi connectivity index (χ0n) is 18.5. The molecule has 13 heteroatoms. The molecule has 3 aliphatic rings. The average molecular weight is 485 g/mol. The van der Waals surface area contributed by atoms with Crippen molar-refractivity contribution in [3.8, 4) is 0 Å². The number of carbonyl (C=O) groups is 4. The number of ether oxygens (including phenoxy) is 1. The molecule has 4 rings (SSSR count). The van der Waals surface area contributed by atoms with E-state index < -0.39 is 54.8 Å². The van der Waals surface area contributed by atoms with Crippen molar-refractivity contribution >= 4 is 35.2 Å². The Labute approximate surface area is 193 Å². The monoisotopic (exact) mass is 484 g/mol. The van der Waals surface area contributed by atoms with Crippen LogP contribution < -0.4 is 16.0 Å². The van der Waals surface area contributed by atoms with Crippen LogP contribution in [0.2, 0.25) is 0 Å². The van der Waals surface area contributed by atoms with Crippen LogP contribution in [0.5, 0.6) is 0 Å². The molecule has 12 nitrogen and oxygen atoms in total. The predicted molar refractivity (Wildman–Crippen MR) is 115 cm³/mol. The minimum absolute atomic E-state index is 0.0667. The minimum Gasteiger partial charge on any atom is -0.480 e. The number of carbonyl (C=O) groups excluding carboxylic acids is 3. The molecule has 0 saturated heterocycles. The van der Waals surface area contributed by atoms with E-state index in [2.05, 4.69) is 15.6 Å². The van der Waals surface area contributed by atoms with Crippen molar-refractivity contribution in [2.24, 2.45) is 0 Å². The number of aliphatic carboxylic acids is 1. The Morgan fingerprint density at radius 1 is 1.12 bits per heavy atom. The van der Waals surface area contributed by atoms with Crippen molar-refractivity contribution in [1.29, 1.82) is 0 Å².